The van der Waals surface area contributed by atoms with Crippen LogP contribution in [0, 0.1) is 3.57 Å². The summed E-state index contributed by atoms with van der Waals surface area (Å²) < 4.78 is 1.13. The number of nitrogens with one attached hydrogen (secondary N) is 1. The molecule has 0 aliphatic rings. The van der Waals surface area contributed by atoms with Crippen molar-refractivity contribution in [2.24, 2.45) is 0 Å². The van der Waals surface area contributed by atoms with Crippen LogP contribution in [0.3, 0.4) is 0 Å². The van der Waals surface area contributed by atoms with Crippen molar-refractivity contribution in [3.05, 3.63) is 28.1 Å². The van der Waals surface area contributed by atoms with Gasteiger partial charge < -0.3 is 5.73 Å². The minimum Gasteiger partial charge on any atom is -0.398 e. The van der Waals surface area contributed by atoms with Gasteiger partial charge >= 0.3 is 0 Å². The van der Waals surface area contributed by atoms with Crippen LogP contribution in [0.15, 0.2) is 34.6 Å². The molecule has 1 heterocycles. The van der Waals surface area contributed by atoms with Crippen molar-refractivity contribution in [2.45, 2.75) is 10.1 Å². The van der Waals surface area contributed by atoms with Gasteiger partial charge in [0.05, 0.1) is 0 Å². The molecular formula is C8H7IN4S. The molecule has 14 heavy (non-hydrogen) atoms. The van der Waals surface area contributed by atoms with E-state index in [-0.39, 0.29) is 0 Å². The minimum atomic E-state index is 0.748. The normalized spacial score (nSPS) is 10.4. The minimum absolute atomic E-state index is 0.748. The number of halogens is 1. The van der Waals surface area contributed by atoms with Gasteiger partial charge in [-0.2, -0.15) is 5.10 Å². The Hall–Kier alpha value is -0.760. The van der Waals surface area contributed by atoms with E-state index < -0.39 is 0 Å². The summed E-state index contributed by atoms with van der Waals surface area (Å²) in [7, 11) is 0. The Balaban J connectivity index is 2.25. The first-order valence-electron chi connectivity index (χ1n) is 3.84. The number of H-pyrrole nitrogens is 1. The van der Waals surface area contributed by atoms with Crippen molar-refractivity contribution in [1.29, 1.82) is 0 Å². The zero-order valence-electron chi connectivity index (χ0n) is 7.07. The first-order valence-corrected chi connectivity index (χ1v) is 5.73. The van der Waals surface area contributed by atoms with Crippen LogP contribution in [0.1, 0.15) is 0 Å². The van der Waals surface area contributed by atoms with E-state index in [1.165, 1.54) is 18.1 Å². The summed E-state index contributed by atoms with van der Waals surface area (Å²) >= 11 is 3.70. The molecule has 0 spiro atoms. The molecule has 72 valence electrons. The SMILES string of the molecule is Nc1cc(I)ccc1Sc1ncn[nH]1. The molecule has 0 aliphatic heterocycles. The zero-order chi connectivity index (χ0) is 9.97. The van der Waals surface area contributed by atoms with Gasteiger partial charge in [-0.05, 0) is 52.6 Å². The third-order valence-corrected chi connectivity index (χ3v) is 3.22. The summed E-state index contributed by atoms with van der Waals surface area (Å²) in [5, 5.41) is 7.29. The van der Waals surface area contributed by atoms with Gasteiger partial charge in [0.15, 0.2) is 5.16 Å². The van der Waals surface area contributed by atoms with Crippen molar-refractivity contribution in [3.63, 3.8) is 0 Å². The van der Waals surface area contributed by atoms with Crippen LogP contribution in [0.25, 0.3) is 0 Å². The summed E-state index contributed by atoms with van der Waals surface area (Å²) in [6.45, 7) is 0. The number of rotatable bonds is 2. The molecule has 0 atom stereocenters. The largest absolute Gasteiger partial charge is 0.398 e. The first kappa shape index (κ1) is 9.78. The van der Waals surface area contributed by atoms with Crippen LogP contribution in [0.5, 0.6) is 0 Å². The lowest BCUT2D eigenvalue weighted by molar-refractivity contribution is 0.973. The van der Waals surface area contributed by atoms with E-state index in [9.17, 15) is 0 Å². The van der Waals surface area contributed by atoms with Gasteiger partial charge in [-0.25, -0.2) is 4.98 Å². The Morgan fingerprint density at radius 1 is 1.43 bits per heavy atom. The van der Waals surface area contributed by atoms with Gasteiger partial charge in [0.25, 0.3) is 0 Å². The van der Waals surface area contributed by atoms with E-state index in [0.29, 0.717) is 0 Å². The average Bonchev–Trinajstić information content (AvgIpc) is 2.62. The first-order chi connectivity index (χ1) is 6.75. The van der Waals surface area contributed by atoms with Gasteiger partial charge in [-0.15, -0.1) is 0 Å². The average molecular weight is 318 g/mol. The molecule has 1 aromatic heterocycles. The fraction of sp³-hybridized carbons (Fsp3) is 0. The predicted molar refractivity (Wildman–Crippen MR) is 64.1 cm³/mol. The van der Waals surface area contributed by atoms with Gasteiger partial charge in [-0.1, -0.05) is 0 Å². The topological polar surface area (TPSA) is 67.6 Å². The van der Waals surface area contributed by atoms with E-state index in [1.54, 1.807) is 0 Å². The highest BCUT2D eigenvalue weighted by molar-refractivity contribution is 14.1. The molecular weight excluding hydrogens is 311 g/mol. The number of benzene rings is 1. The highest BCUT2D eigenvalue weighted by Crippen LogP contribution is 2.30. The van der Waals surface area contributed by atoms with E-state index in [2.05, 4.69) is 37.8 Å². The van der Waals surface area contributed by atoms with Crippen LogP contribution in [0.4, 0.5) is 5.69 Å². The van der Waals surface area contributed by atoms with Gasteiger partial charge in [-0.3, -0.25) is 5.10 Å². The number of nitrogen functional groups attached to an aromatic ring is 1. The second-order valence-electron chi connectivity index (χ2n) is 2.57. The lowest BCUT2D eigenvalue weighted by Crippen LogP contribution is -1.89. The second kappa shape index (κ2) is 4.18. The molecule has 2 aromatic rings. The maximum absolute atomic E-state index is 5.85. The Morgan fingerprint density at radius 2 is 2.29 bits per heavy atom. The Labute approximate surface area is 98.8 Å². The number of hydrogen-bond donors (Lipinski definition) is 2. The highest BCUT2D eigenvalue weighted by atomic mass is 127. The summed E-state index contributed by atoms with van der Waals surface area (Å²) in [6.07, 6.45) is 1.48. The third kappa shape index (κ3) is 2.18. The van der Waals surface area contributed by atoms with Crippen molar-refractivity contribution in [3.8, 4) is 0 Å². The maximum atomic E-state index is 5.85. The van der Waals surface area contributed by atoms with Crippen LogP contribution >= 0.6 is 34.4 Å². The molecule has 0 unspecified atom stereocenters. The van der Waals surface area contributed by atoms with Crippen molar-refractivity contribution in [2.75, 3.05) is 5.73 Å². The number of aromatic amines is 1. The maximum Gasteiger partial charge on any atom is 0.188 e. The van der Waals surface area contributed by atoms with Crippen LogP contribution in [-0.2, 0) is 0 Å². The van der Waals surface area contributed by atoms with Gasteiger partial charge in [0.1, 0.15) is 6.33 Å². The smallest absolute Gasteiger partial charge is 0.188 e. The monoisotopic (exact) mass is 318 g/mol. The Kier molecular flexibility index (Phi) is 2.92. The van der Waals surface area contributed by atoms with E-state index >= 15 is 0 Å². The molecule has 4 nitrogen and oxygen atoms in total. The number of aromatic nitrogens is 3. The standard InChI is InChI=1S/C8H7IN4S/c9-5-1-2-7(6(10)3-5)14-8-11-4-12-13-8/h1-4H,10H2,(H,11,12,13). The molecule has 1 aromatic carbocycles. The van der Waals surface area contributed by atoms with Gasteiger partial charge in [0.2, 0.25) is 0 Å². The molecule has 0 fully saturated rings. The lowest BCUT2D eigenvalue weighted by Gasteiger charge is -2.02. The van der Waals surface area contributed by atoms with Crippen LogP contribution in [-0.4, -0.2) is 15.2 Å². The lowest BCUT2D eigenvalue weighted by atomic mass is 10.3. The summed E-state index contributed by atoms with van der Waals surface area (Å²) in [6, 6.07) is 5.92. The van der Waals surface area contributed by atoms with E-state index in [1.807, 2.05) is 18.2 Å². The molecule has 0 saturated heterocycles. The zero-order valence-corrected chi connectivity index (χ0v) is 10.0. The molecule has 0 saturated carbocycles. The summed E-state index contributed by atoms with van der Waals surface area (Å²) in [5.41, 5.74) is 6.61. The molecule has 2 rings (SSSR count). The number of hydrogen-bond acceptors (Lipinski definition) is 4. The molecule has 0 amide bonds. The molecule has 3 N–H and O–H groups in total. The fourth-order valence-electron chi connectivity index (χ4n) is 0.960. The number of nitrogens with zero attached hydrogens (tertiary/aromatic N) is 2. The van der Waals surface area contributed by atoms with Crippen LogP contribution < -0.4 is 5.73 Å². The van der Waals surface area contributed by atoms with E-state index in [0.717, 1.165) is 19.3 Å². The Morgan fingerprint density at radius 3 is 2.93 bits per heavy atom. The Bertz CT molecular complexity index is 429. The molecule has 0 bridgehead atoms. The molecule has 6 heteroatoms. The molecule has 0 aliphatic carbocycles. The quantitative estimate of drug-likeness (QED) is 0.658. The van der Waals surface area contributed by atoms with Crippen molar-refractivity contribution < 1.29 is 0 Å². The van der Waals surface area contributed by atoms with Gasteiger partial charge in [0, 0.05) is 14.2 Å². The third-order valence-electron chi connectivity index (χ3n) is 1.57. The summed E-state index contributed by atoms with van der Waals surface area (Å²) in [4.78, 5) is 5.00. The molecule has 0 radical (unpaired) electrons. The van der Waals surface area contributed by atoms with Crippen molar-refractivity contribution in [1.82, 2.24) is 15.2 Å². The number of anilines is 1. The predicted octanol–water partition coefficient (Wildman–Crippen LogP) is 2.14. The second-order valence-corrected chi connectivity index (χ2v) is 4.85. The van der Waals surface area contributed by atoms with Crippen molar-refractivity contribution >= 4 is 40.0 Å². The van der Waals surface area contributed by atoms with Crippen LogP contribution in [0.2, 0.25) is 0 Å². The number of nitrogens with two attached hydrogens (primary N) is 1. The fourth-order valence-corrected chi connectivity index (χ4v) is 2.19. The van der Waals surface area contributed by atoms with E-state index in [4.69, 9.17) is 5.73 Å². The summed E-state index contributed by atoms with van der Waals surface area (Å²) in [5.74, 6) is 0. The highest BCUT2D eigenvalue weighted by Gasteiger charge is 2.03.